The molecule has 0 spiro atoms. The van der Waals surface area contributed by atoms with Crippen LogP contribution in [0.15, 0.2) is 0 Å². The summed E-state index contributed by atoms with van der Waals surface area (Å²) in [5.41, 5.74) is 0. The van der Waals surface area contributed by atoms with Crippen molar-refractivity contribution in [3.8, 4) is 0 Å². The summed E-state index contributed by atoms with van der Waals surface area (Å²) < 4.78 is 0. The van der Waals surface area contributed by atoms with Gasteiger partial charge in [-0.1, -0.05) is 0 Å². The fourth-order valence-corrected chi connectivity index (χ4v) is 0. The monoisotopic (exact) mass is 172 g/mol. The fourth-order valence-electron chi connectivity index (χ4n) is 0. The van der Waals surface area contributed by atoms with Crippen LogP contribution >= 0.6 is 0 Å². The first-order valence-corrected chi connectivity index (χ1v) is 0.707. The van der Waals surface area contributed by atoms with Crippen molar-refractivity contribution in [3.05, 3.63) is 0 Å². The van der Waals surface area contributed by atoms with Crippen molar-refractivity contribution in [2.24, 2.45) is 0 Å². The van der Waals surface area contributed by atoms with Gasteiger partial charge in [0.1, 0.15) is 0 Å². The van der Waals surface area contributed by atoms with Crippen molar-refractivity contribution in [2.45, 2.75) is 0 Å². The van der Waals surface area contributed by atoms with Gasteiger partial charge in [-0.2, -0.15) is 0 Å². The van der Waals surface area contributed by atoms with Gasteiger partial charge in [0.05, 0.1) is 0 Å². The van der Waals surface area contributed by atoms with Crippen LogP contribution in [0.1, 0.15) is 0 Å². The largest absolute Gasteiger partial charge is 2.00 e. The van der Waals surface area contributed by atoms with Gasteiger partial charge in [0.15, 0.2) is 0 Å². The van der Waals surface area contributed by atoms with E-state index in [0.717, 1.165) is 0 Å². The molecule has 0 amide bonds. The van der Waals surface area contributed by atoms with Crippen LogP contribution in [0.25, 0.3) is 0 Å². The second-order valence-corrected chi connectivity index (χ2v) is 0.289. The van der Waals surface area contributed by atoms with Gasteiger partial charge in [-0.05, 0) is 0 Å². The van der Waals surface area contributed by atoms with E-state index in [1.165, 1.54) is 0 Å². The molecular formula is BMnNiO3+. The Kier molecular flexibility index (Phi) is 24.6. The van der Waals surface area contributed by atoms with E-state index in [1.807, 2.05) is 0 Å². The summed E-state index contributed by atoms with van der Waals surface area (Å²) in [4.78, 5) is 0. The molecule has 0 aliphatic heterocycles. The molecule has 3 nitrogen and oxygen atoms in total. The van der Waals surface area contributed by atoms with Crippen molar-refractivity contribution in [3.63, 3.8) is 0 Å². The third-order valence-corrected chi connectivity index (χ3v) is 0. The molecule has 6 heavy (non-hydrogen) atoms. The summed E-state index contributed by atoms with van der Waals surface area (Å²) in [5.74, 6) is 0. The first kappa shape index (κ1) is 15.8. The van der Waals surface area contributed by atoms with Gasteiger partial charge in [0.2, 0.25) is 0 Å². The van der Waals surface area contributed by atoms with Crippen LogP contribution in [-0.4, -0.2) is 7.32 Å². The average Bonchev–Trinajstić information content (AvgIpc) is 0.811. The van der Waals surface area contributed by atoms with Crippen LogP contribution in [0.5, 0.6) is 0 Å². The summed E-state index contributed by atoms with van der Waals surface area (Å²) in [5, 5.41) is 25.2. The zero-order valence-electron chi connectivity index (χ0n) is 2.50. The molecule has 0 N–H and O–H groups in total. The van der Waals surface area contributed by atoms with E-state index in [1.54, 1.807) is 0 Å². The SMILES string of the molecule is [Mn+2].[Ni+2].[O-]B([O-])[O-]. The third kappa shape index (κ3) is 84.6. The minimum atomic E-state index is -2.92. The van der Waals surface area contributed by atoms with Gasteiger partial charge in [-0.25, -0.2) is 0 Å². The Morgan fingerprint density at radius 1 is 1.00 bits per heavy atom. The number of hydrogen-bond acceptors (Lipinski definition) is 3. The van der Waals surface area contributed by atoms with Crippen LogP contribution in [0.2, 0.25) is 0 Å². The maximum atomic E-state index is 8.42. The zero-order chi connectivity index (χ0) is 3.58. The van der Waals surface area contributed by atoms with E-state index < -0.39 is 7.32 Å². The molecule has 0 atom stereocenters. The molecule has 0 unspecified atom stereocenters. The van der Waals surface area contributed by atoms with E-state index >= 15 is 0 Å². The Bertz CT molecular complexity index is 15.5. The molecule has 0 saturated carbocycles. The zero-order valence-corrected chi connectivity index (χ0v) is 4.66. The van der Waals surface area contributed by atoms with Crippen LogP contribution in [0.4, 0.5) is 0 Å². The minimum absolute atomic E-state index is 0. The summed E-state index contributed by atoms with van der Waals surface area (Å²) >= 11 is 0. The van der Waals surface area contributed by atoms with Gasteiger partial charge in [-0.3, -0.25) is 7.32 Å². The Morgan fingerprint density at radius 2 is 1.00 bits per heavy atom. The molecular weight excluding hydrogens is 172 g/mol. The third-order valence-electron chi connectivity index (χ3n) is 0. The summed E-state index contributed by atoms with van der Waals surface area (Å²) in [7, 11) is -2.92. The maximum Gasteiger partial charge on any atom is 2.00 e. The van der Waals surface area contributed by atoms with Gasteiger partial charge in [-0.15, -0.1) is 0 Å². The standard InChI is InChI=1S/BO3.Mn.Ni/c2-1(3)4;;/q-3;2*+2. The first-order valence-electron chi connectivity index (χ1n) is 0.707. The van der Waals surface area contributed by atoms with Crippen molar-refractivity contribution >= 4 is 7.32 Å². The number of rotatable bonds is 0. The van der Waals surface area contributed by atoms with E-state index in [-0.39, 0.29) is 33.6 Å². The molecule has 0 fully saturated rings. The van der Waals surface area contributed by atoms with Crippen molar-refractivity contribution in [2.75, 3.05) is 0 Å². The van der Waals surface area contributed by atoms with Crippen LogP contribution in [-0.2, 0) is 33.6 Å². The Labute approximate surface area is 56.3 Å². The van der Waals surface area contributed by atoms with Crippen LogP contribution in [0, 0.1) is 0 Å². The van der Waals surface area contributed by atoms with Gasteiger partial charge in [0, 0.05) is 0 Å². The van der Waals surface area contributed by atoms with Gasteiger partial charge >= 0.3 is 33.6 Å². The van der Waals surface area contributed by atoms with E-state index in [9.17, 15) is 0 Å². The maximum absolute atomic E-state index is 8.42. The molecule has 0 aliphatic rings. The predicted molar refractivity (Wildman–Crippen MR) is 5.75 cm³/mol. The van der Waals surface area contributed by atoms with Crippen molar-refractivity contribution in [1.82, 2.24) is 0 Å². The van der Waals surface area contributed by atoms with Crippen LogP contribution < -0.4 is 15.1 Å². The Morgan fingerprint density at radius 3 is 1.00 bits per heavy atom. The second kappa shape index (κ2) is 9.35. The van der Waals surface area contributed by atoms with E-state index in [2.05, 4.69) is 0 Å². The average molecular weight is 172 g/mol. The molecule has 0 aromatic rings. The van der Waals surface area contributed by atoms with Gasteiger partial charge < -0.3 is 15.1 Å². The predicted octanol–water partition coefficient (Wildman–Crippen LogP) is -3.95. The quantitative estimate of drug-likeness (QED) is 0.350. The smallest absolute Gasteiger partial charge is 0.907 e. The van der Waals surface area contributed by atoms with E-state index in [4.69, 9.17) is 15.1 Å². The van der Waals surface area contributed by atoms with Crippen molar-refractivity contribution in [1.29, 1.82) is 0 Å². The minimum Gasteiger partial charge on any atom is -0.907 e. The van der Waals surface area contributed by atoms with E-state index in [0.29, 0.717) is 0 Å². The molecule has 6 heteroatoms. The van der Waals surface area contributed by atoms with Crippen LogP contribution in [0.3, 0.4) is 0 Å². The summed E-state index contributed by atoms with van der Waals surface area (Å²) in [6, 6.07) is 0. The topological polar surface area (TPSA) is 69.2 Å². The molecule has 0 heterocycles. The Balaban J connectivity index is -0.0000000450. The molecule has 0 saturated heterocycles. The summed E-state index contributed by atoms with van der Waals surface area (Å²) in [6.45, 7) is 0. The molecule has 0 aromatic heterocycles. The second-order valence-electron chi connectivity index (χ2n) is 0.289. The van der Waals surface area contributed by atoms with Crippen molar-refractivity contribution < 1.29 is 48.6 Å². The number of hydrogen-bond donors (Lipinski definition) is 0. The molecule has 0 rings (SSSR count). The summed E-state index contributed by atoms with van der Waals surface area (Å²) in [6.07, 6.45) is 0. The molecule has 0 bridgehead atoms. The molecule has 0 aromatic carbocycles. The fraction of sp³-hybridized carbons (Fsp3) is 0. The molecule has 37 valence electrons. The normalized spacial score (nSPS) is 4.50. The Hall–Kier alpha value is 0.958. The molecule has 1 radical (unpaired) electrons. The first-order chi connectivity index (χ1) is 1.73. The molecule has 0 aliphatic carbocycles. The van der Waals surface area contributed by atoms with Gasteiger partial charge in [0.25, 0.3) is 0 Å².